The Bertz CT molecular complexity index is 512. The number of carboxylic acid groups (broad SMARTS) is 1. The van der Waals surface area contributed by atoms with Gasteiger partial charge in [0.05, 0.1) is 5.69 Å². The van der Waals surface area contributed by atoms with Crippen molar-refractivity contribution in [2.75, 3.05) is 18.0 Å². The summed E-state index contributed by atoms with van der Waals surface area (Å²) in [5.74, 6) is 0.365. The van der Waals surface area contributed by atoms with Crippen molar-refractivity contribution in [3.8, 4) is 0 Å². The lowest BCUT2D eigenvalue weighted by Crippen LogP contribution is -2.30. The summed E-state index contributed by atoms with van der Waals surface area (Å²) in [5.41, 5.74) is 2.01. The summed E-state index contributed by atoms with van der Waals surface area (Å²) in [6, 6.07) is 0. The number of carbonyl (C=O) groups is 1. The highest BCUT2D eigenvalue weighted by molar-refractivity contribution is 5.95. The molecule has 1 aromatic heterocycles. The third-order valence-corrected chi connectivity index (χ3v) is 4.01. The predicted octanol–water partition coefficient (Wildman–Crippen LogP) is 2.93. The molecule has 5 nitrogen and oxygen atoms in total. The van der Waals surface area contributed by atoms with Gasteiger partial charge in [-0.1, -0.05) is 20.8 Å². The minimum Gasteiger partial charge on any atom is -0.478 e. The predicted molar refractivity (Wildman–Crippen MR) is 83.0 cm³/mol. The zero-order valence-electron chi connectivity index (χ0n) is 13.2. The number of carboxylic acids is 1. The fourth-order valence-electron chi connectivity index (χ4n) is 2.77. The van der Waals surface area contributed by atoms with Crippen LogP contribution in [0.4, 0.5) is 5.82 Å². The highest BCUT2D eigenvalue weighted by atomic mass is 16.4. The Morgan fingerprint density at radius 1 is 1.24 bits per heavy atom. The van der Waals surface area contributed by atoms with E-state index in [-0.39, 0.29) is 0 Å². The molecule has 0 aromatic carbocycles. The van der Waals surface area contributed by atoms with Gasteiger partial charge in [-0.25, -0.2) is 4.79 Å². The van der Waals surface area contributed by atoms with E-state index in [1.54, 1.807) is 0 Å². The van der Waals surface area contributed by atoms with Gasteiger partial charge in [0.25, 0.3) is 0 Å². The van der Waals surface area contributed by atoms with E-state index in [0.717, 1.165) is 30.8 Å². The molecule has 5 heteroatoms. The Hall–Kier alpha value is -1.65. The van der Waals surface area contributed by atoms with Crippen LogP contribution in [-0.2, 0) is 12.8 Å². The van der Waals surface area contributed by atoms with Crippen LogP contribution in [0.1, 0.15) is 61.6 Å². The molecule has 1 heterocycles. The van der Waals surface area contributed by atoms with Crippen molar-refractivity contribution in [3.63, 3.8) is 0 Å². The number of rotatable bonds is 8. The normalized spacial score (nSPS) is 14.2. The van der Waals surface area contributed by atoms with Crippen molar-refractivity contribution in [1.29, 1.82) is 0 Å². The van der Waals surface area contributed by atoms with Gasteiger partial charge < -0.3 is 10.0 Å². The number of aromatic nitrogens is 2. The van der Waals surface area contributed by atoms with Crippen molar-refractivity contribution >= 4 is 11.8 Å². The van der Waals surface area contributed by atoms with Gasteiger partial charge in [-0.15, -0.1) is 5.10 Å². The van der Waals surface area contributed by atoms with Gasteiger partial charge in [0.2, 0.25) is 0 Å². The first-order chi connectivity index (χ1) is 10.1. The quantitative estimate of drug-likeness (QED) is 0.797. The smallest absolute Gasteiger partial charge is 0.339 e. The molecule has 0 atom stereocenters. The molecule has 0 saturated heterocycles. The third kappa shape index (κ3) is 3.52. The van der Waals surface area contributed by atoms with Gasteiger partial charge in [0.15, 0.2) is 5.82 Å². The fraction of sp³-hybridized carbons (Fsp3) is 0.688. The van der Waals surface area contributed by atoms with Crippen LogP contribution >= 0.6 is 0 Å². The summed E-state index contributed by atoms with van der Waals surface area (Å²) >= 11 is 0. The van der Waals surface area contributed by atoms with E-state index in [1.807, 2.05) is 13.8 Å². The Morgan fingerprint density at radius 3 is 2.43 bits per heavy atom. The van der Waals surface area contributed by atoms with Gasteiger partial charge in [-0.2, -0.15) is 5.10 Å². The van der Waals surface area contributed by atoms with Crippen molar-refractivity contribution in [3.05, 3.63) is 16.8 Å². The zero-order valence-corrected chi connectivity index (χ0v) is 13.2. The molecule has 1 aliphatic rings. The van der Waals surface area contributed by atoms with Crippen LogP contribution in [0.5, 0.6) is 0 Å². The first-order valence-corrected chi connectivity index (χ1v) is 7.98. The average molecular weight is 291 g/mol. The second kappa shape index (κ2) is 6.87. The first-order valence-electron chi connectivity index (χ1n) is 7.98. The largest absolute Gasteiger partial charge is 0.478 e. The number of hydrogen-bond donors (Lipinski definition) is 1. The van der Waals surface area contributed by atoms with E-state index < -0.39 is 5.97 Å². The zero-order chi connectivity index (χ0) is 15.4. The summed E-state index contributed by atoms with van der Waals surface area (Å²) in [4.78, 5) is 13.9. The number of anilines is 1. The van der Waals surface area contributed by atoms with E-state index in [0.29, 0.717) is 30.1 Å². The number of hydrogen-bond acceptors (Lipinski definition) is 4. The second-order valence-corrected chi connectivity index (χ2v) is 5.73. The average Bonchev–Trinajstić information content (AvgIpc) is 3.29. The topological polar surface area (TPSA) is 66.3 Å². The highest BCUT2D eigenvalue weighted by Gasteiger charge is 2.29. The SMILES string of the molecule is CCCN(CC1CC1)c1nnc(CC)c(CC)c1C(=O)O. The lowest BCUT2D eigenvalue weighted by Gasteiger charge is -2.25. The highest BCUT2D eigenvalue weighted by Crippen LogP contribution is 2.32. The van der Waals surface area contributed by atoms with E-state index in [4.69, 9.17) is 0 Å². The molecule has 1 N–H and O–H groups in total. The molecule has 0 bridgehead atoms. The third-order valence-electron chi connectivity index (χ3n) is 4.01. The Balaban J connectivity index is 2.46. The standard InChI is InChI=1S/C16H25N3O2/c1-4-9-19(10-11-7-8-11)15-14(16(20)21)12(5-2)13(6-3)17-18-15/h11H,4-10H2,1-3H3,(H,20,21). The summed E-state index contributed by atoms with van der Waals surface area (Å²) < 4.78 is 0. The van der Waals surface area contributed by atoms with Crippen molar-refractivity contribution in [2.45, 2.75) is 52.9 Å². The van der Waals surface area contributed by atoms with E-state index in [9.17, 15) is 9.90 Å². The second-order valence-electron chi connectivity index (χ2n) is 5.73. The van der Waals surface area contributed by atoms with Crippen molar-refractivity contribution < 1.29 is 9.90 Å². The van der Waals surface area contributed by atoms with Gasteiger partial charge in [0, 0.05) is 13.1 Å². The van der Waals surface area contributed by atoms with Gasteiger partial charge in [0.1, 0.15) is 5.56 Å². The van der Waals surface area contributed by atoms with Gasteiger partial charge in [-0.05, 0) is 43.6 Å². The Labute approximate surface area is 126 Å². The lowest BCUT2D eigenvalue weighted by molar-refractivity contribution is 0.0695. The maximum atomic E-state index is 11.8. The summed E-state index contributed by atoms with van der Waals surface area (Å²) in [6.45, 7) is 7.81. The fourth-order valence-corrected chi connectivity index (χ4v) is 2.77. The molecule has 2 rings (SSSR count). The molecule has 0 aliphatic heterocycles. The first kappa shape index (κ1) is 15.7. The van der Waals surface area contributed by atoms with E-state index in [2.05, 4.69) is 22.0 Å². The number of aromatic carboxylic acids is 1. The molecule has 1 aliphatic carbocycles. The van der Waals surface area contributed by atoms with Crippen LogP contribution in [0.2, 0.25) is 0 Å². The number of aryl methyl sites for hydroxylation is 1. The molecule has 0 radical (unpaired) electrons. The van der Waals surface area contributed by atoms with Gasteiger partial charge in [-0.3, -0.25) is 0 Å². The molecule has 1 fully saturated rings. The molecule has 0 unspecified atom stereocenters. The minimum atomic E-state index is -0.886. The van der Waals surface area contributed by atoms with Crippen LogP contribution in [0, 0.1) is 5.92 Å². The molecule has 0 amide bonds. The Morgan fingerprint density at radius 2 is 1.95 bits per heavy atom. The molecular weight excluding hydrogens is 266 g/mol. The molecule has 21 heavy (non-hydrogen) atoms. The molecule has 116 valence electrons. The van der Waals surface area contributed by atoms with Crippen molar-refractivity contribution in [1.82, 2.24) is 10.2 Å². The summed E-state index contributed by atoms with van der Waals surface area (Å²) in [7, 11) is 0. The summed E-state index contributed by atoms with van der Waals surface area (Å²) in [5, 5.41) is 18.2. The van der Waals surface area contributed by atoms with E-state index in [1.165, 1.54) is 12.8 Å². The molecular formula is C16H25N3O2. The van der Waals surface area contributed by atoms with E-state index >= 15 is 0 Å². The molecule has 0 spiro atoms. The van der Waals surface area contributed by atoms with Crippen molar-refractivity contribution in [2.24, 2.45) is 5.92 Å². The van der Waals surface area contributed by atoms with Crippen LogP contribution in [0.25, 0.3) is 0 Å². The minimum absolute atomic E-state index is 0.360. The van der Waals surface area contributed by atoms with Crippen LogP contribution in [0.3, 0.4) is 0 Å². The summed E-state index contributed by atoms with van der Waals surface area (Å²) in [6.07, 6.45) is 4.85. The molecule has 1 aromatic rings. The van der Waals surface area contributed by atoms with Gasteiger partial charge >= 0.3 is 5.97 Å². The molecule has 1 saturated carbocycles. The Kier molecular flexibility index (Phi) is 5.15. The monoisotopic (exact) mass is 291 g/mol. The maximum Gasteiger partial charge on any atom is 0.339 e. The number of nitrogens with zero attached hydrogens (tertiary/aromatic N) is 3. The maximum absolute atomic E-state index is 11.8. The lowest BCUT2D eigenvalue weighted by atomic mass is 10.0. The van der Waals surface area contributed by atoms with Crippen LogP contribution in [0.15, 0.2) is 0 Å². The van der Waals surface area contributed by atoms with Crippen LogP contribution < -0.4 is 4.90 Å². The van der Waals surface area contributed by atoms with Crippen LogP contribution in [-0.4, -0.2) is 34.4 Å².